The highest BCUT2D eigenvalue weighted by Gasteiger charge is 2.34. The average molecular weight is 385 g/mol. The van der Waals surface area contributed by atoms with Crippen molar-refractivity contribution in [1.29, 1.82) is 0 Å². The molecule has 0 aromatic heterocycles. The topological polar surface area (TPSA) is 89.5 Å². The first-order valence-corrected chi connectivity index (χ1v) is 8.82. The highest BCUT2D eigenvalue weighted by Crippen LogP contribution is 2.48. The SMILES string of the molecule is O=[N+]([O-])c1cc2ccccc2c(N(c2ccccc2)c2ccccc2)c1[N+](=O)[O-]. The summed E-state index contributed by atoms with van der Waals surface area (Å²) in [5.74, 6) is 0. The molecule has 0 aliphatic carbocycles. The second kappa shape index (κ2) is 7.40. The van der Waals surface area contributed by atoms with E-state index in [0.717, 1.165) is 0 Å². The molecule has 0 spiro atoms. The summed E-state index contributed by atoms with van der Waals surface area (Å²) in [6.07, 6.45) is 0. The molecule has 142 valence electrons. The molecular formula is C22H15N3O4. The van der Waals surface area contributed by atoms with Gasteiger partial charge in [0.1, 0.15) is 5.69 Å². The lowest BCUT2D eigenvalue weighted by Gasteiger charge is -2.26. The molecule has 0 N–H and O–H groups in total. The number of rotatable bonds is 5. The summed E-state index contributed by atoms with van der Waals surface area (Å²) in [4.78, 5) is 24.0. The molecule has 4 aromatic carbocycles. The van der Waals surface area contributed by atoms with Crippen LogP contribution < -0.4 is 4.90 Å². The zero-order valence-corrected chi connectivity index (χ0v) is 15.1. The van der Waals surface area contributed by atoms with E-state index in [2.05, 4.69) is 0 Å². The summed E-state index contributed by atoms with van der Waals surface area (Å²) in [5, 5.41) is 24.8. The largest absolute Gasteiger partial charge is 0.370 e. The molecule has 0 fully saturated rings. The maximum atomic E-state index is 12.0. The van der Waals surface area contributed by atoms with Crippen molar-refractivity contribution in [2.75, 3.05) is 4.90 Å². The van der Waals surface area contributed by atoms with Crippen molar-refractivity contribution in [3.05, 3.63) is 111 Å². The molecule has 0 atom stereocenters. The number of nitro benzene ring substituents is 2. The Morgan fingerprint density at radius 3 is 1.69 bits per heavy atom. The van der Waals surface area contributed by atoms with Gasteiger partial charge in [-0.1, -0.05) is 60.7 Å². The highest BCUT2D eigenvalue weighted by molar-refractivity contribution is 6.06. The fraction of sp³-hybridized carbons (Fsp3) is 0. The van der Waals surface area contributed by atoms with Crippen LogP contribution in [0.15, 0.2) is 91.0 Å². The molecule has 0 amide bonds. The maximum absolute atomic E-state index is 12.0. The Balaban J connectivity index is 2.17. The summed E-state index contributed by atoms with van der Waals surface area (Å²) in [6.45, 7) is 0. The summed E-state index contributed by atoms with van der Waals surface area (Å²) >= 11 is 0. The van der Waals surface area contributed by atoms with Gasteiger partial charge in [0.25, 0.3) is 0 Å². The third-order valence-electron chi connectivity index (χ3n) is 4.61. The number of anilines is 3. The lowest BCUT2D eigenvalue weighted by molar-refractivity contribution is -0.421. The predicted octanol–water partition coefficient (Wildman–Crippen LogP) is 6.13. The average Bonchev–Trinajstić information content (AvgIpc) is 2.74. The fourth-order valence-electron chi connectivity index (χ4n) is 3.41. The normalized spacial score (nSPS) is 10.6. The van der Waals surface area contributed by atoms with E-state index in [1.807, 2.05) is 60.7 Å². The quantitative estimate of drug-likeness (QED) is 0.305. The number of fused-ring (bicyclic) bond motifs is 1. The van der Waals surface area contributed by atoms with Crippen molar-refractivity contribution in [1.82, 2.24) is 0 Å². The van der Waals surface area contributed by atoms with Gasteiger partial charge in [0.05, 0.1) is 9.85 Å². The molecule has 0 saturated carbocycles. The van der Waals surface area contributed by atoms with E-state index in [4.69, 9.17) is 0 Å². The third-order valence-corrected chi connectivity index (χ3v) is 4.61. The van der Waals surface area contributed by atoms with E-state index in [0.29, 0.717) is 22.1 Å². The van der Waals surface area contributed by atoms with E-state index in [1.54, 1.807) is 29.2 Å². The molecule has 7 nitrogen and oxygen atoms in total. The summed E-state index contributed by atoms with van der Waals surface area (Å²) in [6, 6.07) is 26.4. The molecule has 29 heavy (non-hydrogen) atoms. The minimum Gasteiger partial charge on any atom is -0.304 e. The first kappa shape index (κ1) is 18.1. The molecule has 0 aliphatic rings. The van der Waals surface area contributed by atoms with Crippen LogP contribution in [0.5, 0.6) is 0 Å². The second-order valence-electron chi connectivity index (χ2n) is 6.33. The minimum absolute atomic E-state index is 0.164. The number of benzene rings is 4. The van der Waals surface area contributed by atoms with Gasteiger partial charge in [-0.3, -0.25) is 20.2 Å². The van der Waals surface area contributed by atoms with Crippen molar-refractivity contribution in [3.8, 4) is 0 Å². The Morgan fingerprint density at radius 2 is 1.17 bits per heavy atom. The van der Waals surface area contributed by atoms with Crippen molar-refractivity contribution in [3.63, 3.8) is 0 Å². The molecule has 0 saturated heterocycles. The highest BCUT2D eigenvalue weighted by atomic mass is 16.6. The number of nitro groups is 2. The van der Waals surface area contributed by atoms with E-state index in [9.17, 15) is 20.2 Å². The molecule has 7 heteroatoms. The second-order valence-corrected chi connectivity index (χ2v) is 6.33. The van der Waals surface area contributed by atoms with Gasteiger partial charge in [0, 0.05) is 22.8 Å². The standard InChI is InChI=1S/C22H15N3O4/c26-24(27)20-15-16-9-7-8-14-19(16)21(22(20)25(28)29)23(17-10-3-1-4-11-17)18-12-5-2-6-13-18/h1-15H. The lowest BCUT2D eigenvalue weighted by atomic mass is 10.0. The van der Waals surface area contributed by atoms with Gasteiger partial charge >= 0.3 is 11.4 Å². The first-order chi connectivity index (χ1) is 14.1. The third kappa shape index (κ3) is 3.25. The predicted molar refractivity (Wildman–Crippen MR) is 112 cm³/mol. The smallest absolute Gasteiger partial charge is 0.304 e. The molecule has 4 aromatic rings. The Kier molecular flexibility index (Phi) is 4.62. The van der Waals surface area contributed by atoms with Crippen molar-refractivity contribution < 1.29 is 9.85 Å². The van der Waals surface area contributed by atoms with Crippen LogP contribution in [0.2, 0.25) is 0 Å². The minimum atomic E-state index is -0.706. The van der Waals surface area contributed by atoms with Crippen LogP contribution >= 0.6 is 0 Å². The summed E-state index contributed by atoms with van der Waals surface area (Å²) in [7, 11) is 0. The Morgan fingerprint density at radius 1 is 0.655 bits per heavy atom. The summed E-state index contributed by atoms with van der Waals surface area (Å²) < 4.78 is 0. The molecule has 0 bridgehead atoms. The molecule has 0 radical (unpaired) electrons. The lowest BCUT2D eigenvalue weighted by Crippen LogP contribution is -2.13. The van der Waals surface area contributed by atoms with Gasteiger partial charge in [-0.2, -0.15) is 0 Å². The van der Waals surface area contributed by atoms with Gasteiger partial charge in [0.2, 0.25) is 0 Å². The van der Waals surface area contributed by atoms with Crippen LogP contribution in [0.3, 0.4) is 0 Å². The Hall–Kier alpha value is -4.26. The van der Waals surface area contributed by atoms with Gasteiger partial charge in [-0.05, 0) is 29.7 Å². The molecule has 0 heterocycles. The number of para-hydroxylation sites is 2. The van der Waals surface area contributed by atoms with Gasteiger partial charge in [0.15, 0.2) is 0 Å². The Labute approximate surface area is 165 Å². The maximum Gasteiger partial charge on any atom is 0.370 e. The summed E-state index contributed by atoms with van der Waals surface area (Å²) in [5.41, 5.74) is 0.402. The van der Waals surface area contributed by atoms with Gasteiger partial charge in [-0.15, -0.1) is 0 Å². The molecule has 4 rings (SSSR count). The Bertz CT molecular complexity index is 1170. The van der Waals surface area contributed by atoms with E-state index >= 15 is 0 Å². The molecular weight excluding hydrogens is 370 g/mol. The van der Waals surface area contributed by atoms with Gasteiger partial charge in [-0.25, -0.2) is 0 Å². The monoisotopic (exact) mass is 385 g/mol. The van der Waals surface area contributed by atoms with Crippen molar-refractivity contribution >= 4 is 39.2 Å². The number of hydrogen-bond acceptors (Lipinski definition) is 5. The van der Waals surface area contributed by atoms with Crippen LogP contribution in [0.1, 0.15) is 0 Å². The van der Waals surface area contributed by atoms with Crippen LogP contribution in [-0.2, 0) is 0 Å². The van der Waals surface area contributed by atoms with Crippen LogP contribution in [0, 0.1) is 20.2 Å². The number of hydrogen-bond donors (Lipinski definition) is 0. The molecule has 0 unspecified atom stereocenters. The van der Waals surface area contributed by atoms with Crippen molar-refractivity contribution in [2.45, 2.75) is 0 Å². The van der Waals surface area contributed by atoms with E-state index in [-0.39, 0.29) is 5.69 Å². The van der Waals surface area contributed by atoms with E-state index in [1.165, 1.54) is 6.07 Å². The van der Waals surface area contributed by atoms with Crippen LogP contribution in [0.25, 0.3) is 10.8 Å². The first-order valence-electron chi connectivity index (χ1n) is 8.82. The van der Waals surface area contributed by atoms with Crippen molar-refractivity contribution in [2.24, 2.45) is 0 Å². The zero-order chi connectivity index (χ0) is 20.4. The zero-order valence-electron chi connectivity index (χ0n) is 15.1. The fourth-order valence-corrected chi connectivity index (χ4v) is 3.41. The van der Waals surface area contributed by atoms with Gasteiger partial charge < -0.3 is 4.90 Å². The van der Waals surface area contributed by atoms with Crippen LogP contribution in [0.4, 0.5) is 28.4 Å². The number of nitrogens with zero attached hydrogens (tertiary/aromatic N) is 3. The van der Waals surface area contributed by atoms with Crippen LogP contribution in [-0.4, -0.2) is 9.85 Å². The van der Waals surface area contributed by atoms with E-state index < -0.39 is 21.2 Å². The molecule has 0 aliphatic heterocycles.